The van der Waals surface area contributed by atoms with Gasteiger partial charge >= 0.3 is 11.7 Å². The second kappa shape index (κ2) is 7.68. The Morgan fingerprint density at radius 2 is 2.17 bits per heavy atom. The van der Waals surface area contributed by atoms with Crippen molar-refractivity contribution in [3.8, 4) is 0 Å². The summed E-state index contributed by atoms with van der Waals surface area (Å²) in [7, 11) is 0. The van der Waals surface area contributed by atoms with Crippen LogP contribution in [0.15, 0.2) is 17.5 Å². The van der Waals surface area contributed by atoms with Crippen molar-refractivity contribution in [1.82, 2.24) is 20.4 Å². The first kappa shape index (κ1) is 17.6. The van der Waals surface area contributed by atoms with Crippen molar-refractivity contribution in [1.29, 1.82) is 0 Å². The lowest BCUT2D eigenvalue weighted by Crippen LogP contribution is -2.41. The van der Waals surface area contributed by atoms with E-state index in [2.05, 4.69) is 15.7 Å². The van der Waals surface area contributed by atoms with Gasteiger partial charge in [-0.15, -0.1) is 11.3 Å². The van der Waals surface area contributed by atoms with Crippen LogP contribution in [-0.4, -0.2) is 33.2 Å². The summed E-state index contributed by atoms with van der Waals surface area (Å²) in [6.45, 7) is 3.15. The number of amides is 3. The fourth-order valence-electron chi connectivity index (χ4n) is 2.21. The molecule has 0 unspecified atom stereocenters. The molecule has 0 aliphatic carbocycles. The van der Waals surface area contributed by atoms with Gasteiger partial charge in [0.2, 0.25) is 5.91 Å². The van der Waals surface area contributed by atoms with Gasteiger partial charge in [0.25, 0.3) is 0 Å². The van der Waals surface area contributed by atoms with Gasteiger partial charge in [-0.2, -0.15) is 5.10 Å². The topological polar surface area (TPSA) is 119 Å². The lowest BCUT2D eigenvalue weighted by atomic mass is 10.3. The Labute approximate surface area is 141 Å². The third-order valence-corrected chi connectivity index (χ3v) is 4.25. The zero-order valence-electron chi connectivity index (χ0n) is 13.2. The number of hydrogen-bond acceptors (Lipinski definition) is 6. The molecule has 2 rings (SSSR count). The van der Waals surface area contributed by atoms with Crippen molar-refractivity contribution in [2.75, 3.05) is 6.54 Å². The molecule has 9 nitrogen and oxygen atoms in total. The van der Waals surface area contributed by atoms with Gasteiger partial charge in [0.05, 0.1) is 4.92 Å². The van der Waals surface area contributed by atoms with Crippen molar-refractivity contribution in [2.45, 2.75) is 26.8 Å². The molecule has 10 heteroatoms. The first-order valence-corrected chi connectivity index (χ1v) is 8.05. The molecule has 128 valence electrons. The highest BCUT2D eigenvalue weighted by atomic mass is 32.1. The first-order valence-electron chi connectivity index (χ1n) is 7.17. The number of imide groups is 1. The number of nitrogens with zero attached hydrogens (tertiary/aromatic N) is 3. The maximum Gasteiger partial charge on any atom is 0.321 e. The fourth-order valence-corrected chi connectivity index (χ4v) is 2.92. The average Bonchev–Trinajstić information content (AvgIpc) is 3.07. The Hall–Kier alpha value is -2.75. The number of hydrogen-bond donors (Lipinski definition) is 2. The van der Waals surface area contributed by atoms with Gasteiger partial charge < -0.3 is 5.32 Å². The molecule has 0 aromatic carbocycles. The average molecular weight is 351 g/mol. The lowest BCUT2D eigenvalue weighted by molar-refractivity contribution is -0.386. The summed E-state index contributed by atoms with van der Waals surface area (Å²) in [4.78, 5) is 35.0. The van der Waals surface area contributed by atoms with Crippen LogP contribution in [-0.2, 0) is 17.8 Å². The van der Waals surface area contributed by atoms with Crippen LogP contribution >= 0.6 is 11.3 Å². The van der Waals surface area contributed by atoms with Crippen LogP contribution in [0.2, 0.25) is 0 Å². The molecule has 0 spiro atoms. The van der Waals surface area contributed by atoms with E-state index in [1.54, 1.807) is 11.3 Å². The van der Waals surface area contributed by atoms with Gasteiger partial charge in [0.1, 0.15) is 17.9 Å². The number of aryl methyl sites for hydroxylation is 1. The maximum absolute atomic E-state index is 11.9. The quantitative estimate of drug-likeness (QED) is 0.604. The van der Waals surface area contributed by atoms with E-state index < -0.39 is 16.9 Å². The zero-order valence-corrected chi connectivity index (χ0v) is 14.1. The van der Waals surface area contributed by atoms with Gasteiger partial charge in [-0.1, -0.05) is 6.07 Å². The van der Waals surface area contributed by atoms with E-state index in [4.69, 9.17) is 0 Å². The van der Waals surface area contributed by atoms with Crippen molar-refractivity contribution in [2.24, 2.45) is 0 Å². The molecule has 0 radical (unpaired) electrons. The van der Waals surface area contributed by atoms with Crippen molar-refractivity contribution >= 4 is 29.0 Å². The van der Waals surface area contributed by atoms with E-state index in [1.807, 2.05) is 17.5 Å². The number of thiophene rings is 1. The van der Waals surface area contributed by atoms with Crippen LogP contribution in [0.25, 0.3) is 0 Å². The van der Waals surface area contributed by atoms with E-state index in [0.717, 1.165) is 4.88 Å². The predicted molar refractivity (Wildman–Crippen MR) is 87.9 cm³/mol. The summed E-state index contributed by atoms with van der Waals surface area (Å²) < 4.78 is 1.21. The van der Waals surface area contributed by atoms with Crippen LogP contribution in [0, 0.1) is 24.0 Å². The summed E-state index contributed by atoms with van der Waals surface area (Å²) in [6.07, 6.45) is 0.683. The molecule has 0 aliphatic rings. The van der Waals surface area contributed by atoms with Crippen LogP contribution < -0.4 is 10.6 Å². The van der Waals surface area contributed by atoms with Gasteiger partial charge in [-0.05, 0) is 31.7 Å². The highest BCUT2D eigenvalue weighted by Gasteiger charge is 2.23. The standard InChI is InChI=1S/C14H17N5O4S/c1-9-13(19(22)23)10(2)18(17-9)8-12(20)16-14(21)15-6-5-11-4-3-7-24-11/h3-4,7H,5-6,8H2,1-2H3,(H2,15,16,20,21). The Balaban J connectivity index is 1.83. The van der Waals surface area contributed by atoms with Crippen LogP contribution in [0.1, 0.15) is 16.3 Å². The Morgan fingerprint density at radius 3 is 2.75 bits per heavy atom. The monoisotopic (exact) mass is 351 g/mol. The molecule has 0 saturated carbocycles. The fraction of sp³-hybridized carbons (Fsp3) is 0.357. The molecule has 0 aliphatic heterocycles. The Morgan fingerprint density at radius 1 is 1.42 bits per heavy atom. The number of rotatable bonds is 6. The number of nitro groups is 1. The predicted octanol–water partition coefficient (Wildman–Crippen LogP) is 1.54. The van der Waals surface area contributed by atoms with Crippen molar-refractivity contribution in [3.63, 3.8) is 0 Å². The largest absolute Gasteiger partial charge is 0.337 e. The van der Waals surface area contributed by atoms with E-state index >= 15 is 0 Å². The molecule has 0 atom stereocenters. The SMILES string of the molecule is Cc1nn(CC(=O)NC(=O)NCCc2cccs2)c(C)c1[N+](=O)[O-]. The minimum atomic E-state index is -0.604. The molecule has 2 aromatic heterocycles. The smallest absolute Gasteiger partial charge is 0.321 e. The molecule has 0 saturated heterocycles. The van der Waals surface area contributed by atoms with Gasteiger partial charge in [0, 0.05) is 11.4 Å². The molecule has 0 bridgehead atoms. The molecular weight excluding hydrogens is 334 g/mol. The summed E-state index contributed by atoms with van der Waals surface area (Å²) in [5, 5.41) is 21.6. The van der Waals surface area contributed by atoms with E-state index in [-0.39, 0.29) is 23.6 Å². The number of carbonyl (C=O) groups excluding carboxylic acids is 2. The van der Waals surface area contributed by atoms with Crippen LogP contribution in [0.3, 0.4) is 0 Å². The van der Waals surface area contributed by atoms with Gasteiger partial charge in [-0.3, -0.25) is 24.9 Å². The number of aromatic nitrogens is 2. The minimum Gasteiger partial charge on any atom is -0.337 e. The molecular formula is C14H17N5O4S. The van der Waals surface area contributed by atoms with Crippen molar-refractivity contribution in [3.05, 3.63) is 43.9 Å². The van der Waals surface area contributed by atoms with E-state index in [0.29, 0.717) is 13.0 Å². The highest BCUT2D eigenvalue weighted by molar-refractivity contribution is 7.09. The maximum atomic E-state index is 11.9. The van der Waals surface area contributed by atoms with Gasteiger partial charge in [0.15, 0.2) is 0 Å². The molecule has 0 fully saturated rings. The summed E-state index contributed by atoms with van der Waals surface area (Å²) in [5.74, 6) is -0.593. The second-order valence-electron chi connectivity index (χ2n) is 5.07. The zero-order chi connectivity index (χ0) is 17.7. The Bertz CT molecular complexity index is 754. The van der Waals surface area contributed by atoms with Crippen molar-refractivity contribution < 1.29 is 14.5 Å². The second-order valence-corrected chi connectivity index (χ2v) is 6.10. The lowest BCUT2D eigenvalue weighted by Gasteiger charge is -2.07. The third kappa shape index (κ3) is 4.38. The van der Waals surface area contributed by atoms with E-state index in [9.17, 15) is 19.7 Å². The molecule has 2 aromatic rings. The summed E-state index contributed by atoms with van der Waals surface area (Å²) >= 11 is 1.59. The number of nitrogens with one attached hydrogen (secondary N) is 2. The van der Waals surface area contributed by atoms with Crippen LogP contribution in [0.4, 0.5) is 10.5 Å². The summed E-state index contributed by atoms with van der Waals surface area (Å²) in [5.41, 5.74) is 0.375. The normalized spacial score (nSPS) is 10.4. The highest BCUT2D eigenvalue weighted by Crippen LogP contribution is 2.21. The van der Waals surface area contributed by atoms with Crippen LogP contribution in [0.5, 0.6) is 0 Å². The number of carbonyl (C=O) groups is 2. The van der Waals surface area contributed by atoms with E-state index in [1.165, 1.54) is 18.5 Å². The first-order chi connectivity index (χ1) is 11.4. The molecule has 24 heavy (non-hydrogen) atoms. The van der Waals surface area contributed by atoms with Gasteiger partial charge in [-0.25, -0.2) is 4.79 Å². The number of urea groups is 1. The Kier molecular flexibility index (Phi) is 5.64. The molecule has 3 amide bonds. The molecule has 2 N–H and O–H groups in total. The third-order valence-electron chi connectivity index (χ3n) is 3.31. The minimum absolute atomic E-state index is 0.122. The summed E-state index contributed by atoms with van der Waals surface area (Å²) in [6, 6.07) is 3.29. The molecule has 2 heterocycles.